The Morgan fingerprint density at radius 3 is 2.68 bits per heavy atom. The fraction of sp³-hybridized carbons (Fsp3) is 0.214. The summed E-state index contributed by atoms with van der Waals surface area (Å²) in [6.07, 6.45) is 2.81. The van der Waals surface area contributed by atoms with Crippen molar-refractivity contribution in [1.82, 2.24) is 10.3 Å². The molecule has 1 aromatic carbocycles. The smallest absolute Gasteiger partial charge is 0.162 e. The number of likely N-dealkylation sites (N-methyl/N-ethyl adjacent to an activating group) is 1. The van der Waals surface area contributed by atoms with E-state index in [2.05, 4.69) is 10.3 Å². The number of nitrogens with one attached hydrogen (secondary N) is 1. The van der Waals surface area contributed by atoms with Crippen LogP contribution in [-0.2, 0) is 6.42 Å². The van der Waals surface area contributed by atoms with E-state index in [-0.39, 0.29) is 18.0 Å². The van der Waals surface area contributed by atoms with Crippen molar-refractivity contribution in [2.24, 2.45) is 0 Å². The van der Waals surface area contributed by atoms with Crippen LogP contribution in [0.4, 0.5) is 13.2 Å². The van der Waals surface area contributed by atoms with E-state index < -0.39 is 17.5 Å². The summed E-state index contributed by atoms with van der Waals surface area (Å²) in [5.74, 6) is -2.21. The highest BCUT2D eigenvalue weighted by atomic mass is 19.2. The first-order valence-corrected chi connectivity index (χ1v) is 5.82. The van der Waals surface area contributed by atoms with Gasteiger partial charge in [0.25, 0.3) is 0 Å². The Morgan fingerprint density at radius 2 is 2.00 bits per heavy atom. The van der Waals surface area contributed by atoms with Crippen molar-refractivity contribution in [1.29, 1.82) is 0 Å². The van der Waals surface area contributed by atoms with Gasteiger partial charge in [0.1, 0.15) is 5.82 Å². The van der Waals surface area contributed by atoms with Crippen LogP contribution in [0.25, 0.3) is 0 Å². The van der Waals surface area contributed by atoms with Gasteiger partial charge in [-0.25, -0.2) is 13.2 Å². The topological polar surface area (TPSA) is 24.9 Å². The number of rotatable bonds is 4. The zero-order valence-electron chi connectivity index (χ0n) is 10.3. The molecule has 2 nitrogen and oxygen atoms in total. The standard InChI is InChI=1S/C14H13F3N2/c1-18-13(10-5-11(15)8-19-7-10)6-9-3-2-4-12(16)14(9)17/h2-5,7-8,13,18H,6H2,1H3. The number of hydrogen-bond acceptors (Lipinski definition) is 2. The highest BCUT2D eigenvalue weighted by Crippen LogP contribution is 2.21. The van der Waals surface area contributed by atoms with Crippen molar-refractivity contribution in [3.63, 3.8) is 0 Å². The van der Waals surface area contributed by atoms with Crippen molar-refractivity contribution in [3.8, 4) is 0 Å². The van der Waals surface area contributed by atoms with E-state index in [1.807, 2.05) is 0 Å². The van der Waals surface area contributed by atoms with E-state index in [1.165, 1.54) is 24.4 Å². The molecule has 0 aliphatic heterocycles. The Hall–Kier alpha value is -1.88. The molecule has 1 heterocycles. The van der Waals surface area contributed by atoms with Crippen LogP contribution >= 0.6 is 0 Å². The molecule has 0 saturated heterocycles. The third-order valence-electron chi connectivity index (χ3n) is 2.93. The maximum Gasteiger partial charge on any atom is 0.162 e. The third kappa shape index (κ3) is 3.12. The molecule has 100 valence electrons. The number of halogens is 3. The summed E-state index contributed by atoms with van der Waals surface area (Å²) < 4.78 is 39.9. The molecular weight excluding hydrogens is 253 g/mol. The van der Waals surface area contributed by atoms with Gasteiger partial charge in [-0.15, -0.1) is 0 Å². The van der Waals surface area contributed by atoms with Crippen LogP contribution in [0.1, 0.15) is 17.2 Å². The summed E-state index contributed by atoms with van der Waals surface area (Å²) >= 11 is 0. The average Bonchev–Trinajstić information content (AvgIpc) is 2.40. The van der Waals surface area contributed by atoms with Crippen molar-refractivity contribution in [2.45, 2.75) is 12.5 Å². The lowest BCUT2D eigenvalue weighted by atomic mass is 10.00. The number of pyridine rings is 1. The maximum absolute atomic E-state index is 13.6. The molecule has 0 aliphatic rings. The Labute approximate surface area is 109 Å². The highest BCUT2D eigenvalue weighted by Gasteiger charge is 2.15. The van der Waals surface area contributed by atoms with Gasteiger partial charge in [0, 0.05) is 12.2 Å². The first kappa shape index (κ1) is 13.5. The van der Waals surface area contributed by atoms with Crippen molar-refractivity contribution in [2.75, 3.05) is 7.05 Å². The molecule has 0 spiro atoms. The molecule has 2 aromatic rings. The minimum absolute atomic E-state index is 0.214. The molecule has 1 aromatic heterocycles. The van der Waals surface area contributed by atoms with Gasteiger partial charge in [-0.05, 0) is 36.7 Å². The molecule has 19 heavy (non-hydrogen) atoms. The fourth-order valence-electron chi connectivity index (χ4n) is 1.93. The van der Waals surface area contributed by atoms with Crippen molar-refractivity contribution in [3.05, 3.63) is 65.2 Å². The van der Waals surface area contributed by atoms with E-state index in [0.29, 0.717) is 5.56 Å². The molecule has 2 rings (SSSR count). The van der Waals surface area contributed by atoms with E-state index in [4.69, 9.17) is 0 Å². The van der Waals surface area contributed by atoms with Crippen molar-refractivity contribution < 1.29 is 13.2 Å². The Morgan fingerprint density at radius 1 is 1.21 bits per heavy atom. The summed E-state index contributed by atoms with van der Waals surface area (Å²) in [4.78, 5) is 3.75. The normalized spacial score (nSPS) is 12.4. The number of nitrogens with zero attached hydrogens (tertiary/aromatic N) is 1. The van der Waals surface area contributed by atoms with Crippen LogP contribution in [0.2, 0.25) is 0 Å². The molecule has 0 aliphatic carbocycles. The minimum atomic E-state index is -0.885. The summed E-state index contributed by atoms with van der Waals surface area (Å²) in [5.41, 5.74) is 0.828. The second-order valence-electron chi connectivity index (χ2n) is 4.19. The van der Waals surface area contributed by atoms with Gasteiger partial charge in [-0.3, -0.25) is 4.98 Å². The largest absolute Gasteiger partial charge is 0.313 e. The first-order valence-electron chi connectivity index (χ1n) is 5.82. The lowest BCUT2D eigenvalue weighted by molar-refractivity contribution is 0.486. The van der Waals surface area contributed by atoms with Gasteiger partial charge in [0.15, 0.2) is 11.6 Å². The molecule has 0 fully saturated rings. The van der Waals surface area contributed by atoms with Gasteiger partial charge in [0.05, 0.1) is 6.20 Å². The molecule has 0 saturated carbocycles. The zero-order valence-corrected chi connectivity index (χ0v) is 10.3. The average molecular weight is 266 g/mol. The Bertz CT molecular complexity index is 572. The molecule has 0 radical (unpaired) electrons. The van der Waals surface area contributed by atoms with Crippen LogP contribution in [0.3, 0.4) is 0 Å². The second-order valence-corrected chi connectivity index (χ2v) is 4.19. The summed E-state index contributed by atoms with van der Waals surface area (Å²) in [5, 5.41) is 2.94. The molecule has 1 N–H and O–H groups in total. The van der Waals surface area contributed by atoms with Gasteiger partial charge < -0.3 is 5.32 Å². The summed E-state index contributed by atoms with van der Waals surface area (Å²) in [6, 6.07) is 5.02. The van der Waals surface area contributed by atoms with Crippen LogP contribution in [0, 0.1) is 17.5 Å². The van der Waals surface area contributed by atoms with Crippen LogP contribution in [0.5, 0.6) is 0 Å². The van der Waals surface area contributed by atoms with Crippen LogP contribution in [-0.4, -0.2) is 12.0 Å². The molecule has 1 unspecified atom stereocenters. The number of hydrogen-bond donors (Lipinski definition) is 1. The molecule has 0 amide bonds. The Kier molecular flexibility index (Phi) is 4.16. The minimum Gasteiger partial charge on any atom is -0.313 e. The zero-order chi connectivity index (χ0) is 13.8. The monoisotopic (exact) mass is 266 g/mol. The summed E-state index contributed by atoms with van der Waals surface area (Å²) in [7, 11) is 1.67. The third-order valence-corrected chi connectivity index (χ3v) is 2.93. The highest BCUT2D eigenvalue weighted by molar-refractivity contribution is 5.24. The van der Waals surface area contributed by atoms with Gasteiger partial charge >= 0.3 is 0 Å². The van der Waals surface area contributed by atoms with Gasteiger partial charge in [0.2, 0.25) is 0 Å². The molecular formula is C14H13F3N2. The quantitative estimate of drug-likeness (QED) is 0.920. The van der Waals surface area contributed by atoms with Crippen LogP contribution in [0.15, 0.2) is 36.7 Å². The lowest BCUT2D eigenvalue weighted by Crippen LogP contribution is -2.20. The summed E-state index contributed by atoms with van der Waals surface area (Å²) in [6.45, 7) is 0. The van der Waals surface area contributed by atoms with Crippen molar-refractivity contribution >= 4 is 0 Å². The van der Waals surface area contributed by atoms with E-state index in [1.54, 1.807) is 7.05 Å². The first-order chi connectivity index (χ1) is 9.11. The maximum atomic E-state index is 13.6. The predicted octanol–water partition coefficient (Wildman–Crippen LogP) is 3.00. The second kappa shape index (κ2) is 5.84. The molecule has 0 bridgehead atoms. The van der Waals surface area contributed by atoms with E-state index in [0.717, 1.165) is 12.3 Å². The number of benzene rings is 1. The molecule has 1 atom stereocenters. The predicted molar refractivity (Wildman–Crippen MR) is 66.1 cm³/mol. The fourth-order valence-corrected chi connectivity index (χ4v) is 1.93. The lowest BCUT2D eigenvalue weighted by Gasteiger charge is -2.17. The number of aromatic nitrogens is 1. The van der Waals surface area contributed by atoms with Gasteiger partial charge in [-0.1, -0.05) is 12.1 Å². The molecule has 5 heteroatoms. The van der Waals surface area contributed by atoms with Crippen LogP contribution < -0.4 is 5.32 Å². The Balaban J connectivity index is 2.26. The van der Waals surface area contributed by atoms with E-state index in [9.17, 15) is 13.2 Å². The SMILES string of the molecule is CNC(Cc1cccc(F)c1F)c1cncc(F)c1. The van der Waals surface area contributed by atoms with Gasteiger partial charge in [-0.2, -0.15) is 0 Å². The van der Waals surface area contributed by atoms with E-state index >= 15 is 0 Å².